The standard InChI is InChI=1S/C17H16N4OS.2ClH/c1-10-13(19-16-9-12(22)6-7-21(10)16)4-2-11-3-5-14-15(8-11)23-17(18)20-14;;/h3,5-9,22H,2,4H2,1H3,(H2,18,20);2*1H. The molecular weight excluding hydrogens is 379 g/mol. The maximum Gasteiger partial charge on any atom is 0.181 e. The number of aromatic hydroxyl groups is 1. The summed E-state index contributed by atoms with van der Waals surface area (Å²) >= 11 is 1.52. The Bertz CT molecular complexity index is 1030. The number of benzene rings is 1. The molecular formula is C17H18Cl2N4OS. The first-order valence-corrected chi connectivity index (χ1v) is 8.23. The summed E-state index contributed by atoms with van der Waals surface area (Å²) in [5.74, 6) is 0.238. The molecule has 4 rings (SSSR count). The van der Waals surface area contributed by atoms with Crippen LogP contribution in [0.4, 0.5) is 5.13 Å². The normalized spacial score (nSPS) is 10.6. The fourth-order valence-electron chi connectivity index (χ4n) is 2.85. The third-order valence-electron chi connectivity index (χ3n) is 4.07. The van der Waals surface area contributed by atoms with Crippen molar-refractivity contribution in [1.82, 2.24) is 14.4 Å². The molecule has 4 aromatic rings. The molecule has 0 aliphatic heterocycles. The molecule has 0 aliphatic carbocycles. The van der Waals surface area contributed by atoms with Gasteiger partial charge in [-0.2, -0.15) is 0 Å². The number of hydrogen-bond donors (Lipinski definition) is 2. The van der Waals surface area contributed by atoms with E-state index in [-0.39, 0.29) is 30.6 Å². The maximum absolute atomic E-state index is 9.57. The van der Waals surface area contributed by atoms with Crippen LogP contribution in [0.1, 0.15) is 17.0 Å². The molecule has 0 spiro atoms. The SMILES string of the molecule is Cc1c(CCc2ccc3nc(N)sc3c2)nc2cc(O)ccn12.Cl.Cl. The summed E-state index contributed by atoms with van der Waals surface area (Å²) in [4.78, 5) is 8.91. The number of imidazole rings is 1. The Morgan fingerprint density at radius 3 is 2.72 bits per heavy atom. The molecule has 0 unspecified atom stereocenters. The highest BCUT2D eigenvalue weighted by atomic mass is 35.5. The molecule has 25 heavy (non-hydrogen) atoms. The van der Waals surface area contributed by atoms with Gasteiger partial charge in [0.25, 0.3) is 0 Å². The summed E-state index contributed by atoms with van der Waals surface area (Å²) in [7, 11) is 0. The summed E-state index contributed by atoms with van der Waals surface area (Å²) in [6.07, 6.45) is 3.61. The number of nitrogens with zero attached hydrogens (tertiary/aromatic N) is 3. The first kappa shape index (κ1) is 19.3. The monoisotopic (exact) mass is 396 g/mol. The third kappa shape index (κ3) is 3.66. The predicted octanol–water partition coefficient (Wildman–Crippen LogP) is 4.17. The molecule has 0 amide bonds. The van der Waals surface area contributed by atoms with Gasteiger partial charge in [-0.05, 0) is 43.5 Å². The van der Waals surface area contributed by atoms with Crippen LogP contribution < -0.4 is 5.73 Å². The van der Waals surface area contributed by atoms with Gasteiger partial charge in [0.1, 0.15) is 11.4 Å². The number of fused-ring (bicyclic) bond motifs is 2. The molecule has 1 aromatic carbocycles. The molecule has 3 N–H and O–H groups in total. The van der Waals surface area contributed by atoms with Crippen molar-refractivity contribution in [3.63, 3.8) is 0 Å². The third-order valence-corrected chi connectivity index (χ3v) is 4.91. The molecule has 5 nitrogen and oxygen atoms in total. The van der Waals surface area contributed by atoms with Gasteiger partial charge in [-0.1, -0.05) is 17.4 Å². The number of anilines is 1. The predicted molar refractivity (Wildman–Crippen MR) is 108 cm³/mol. The summed E-state index contributed by atoms with van der Waals surface area (Å²) < 4.78 is 3.12. The molecule has 0 saturated carbocycles. The van der Waals surface area contributed by atoms with Crippen LogP contribution in [0.2, 0.25) is 0 Å². The van der Waals surface area contributed by atoms with E-state index >= 15 is 0 Å². The topological polar surface area (TPSA) is 76.4 Å². The molecule has 0 atom stereocenters. The fraction of sp³-hybridized carbons (Fsp3) is 0.176. The van der Waals surface area contributed by atoms with Crippen molar-refractivity contribution in [3.05, 3.63) is 53.5 Å². The van der Waals surface area contributed by atoms with E-state index in [2.05, 4.69) is 29.0 Å². The molecule has 0 bridgehead atoms. The van der Waals surface area contributed by atoms with Crippen LogP contribution in [0.3, 0.4) is 0 Å². The smallest absolute Gasteiger partial charge is 0.181 e. The minimum Gasteiger partial charge on any atom is -0.508 e. The van der Waals surface area contributed by atoms with Gasteiger partial charge >= 0.3 is 0 Å². The highest BCUT2D eigenvalue weighted by Gasteiger charge is 2.09. The van der Waals surface area contributed by atoms with Crippen molar-refractivity contribution < 1.29 is 5.11 Å². The summed E-state index contributed by atoms with van der Waals surface area (Å²) in [5, 5.41) is 10.2. The summed E-state index contributed by atoms with van der Waals surface area (Å²) in [6.45, 7) is 2.06. The van der Waals surface area contributed by atoms with Gasteiger partial charge in [0.15, 0.2) is 5.13 Å². The zero-order valence-electron chi connectivity index (χ0n) is 13.5. The Labute approximate surface area is 161 Å². The second kappa shape index (κ2) is 7.47. The maximum atomic E-state index is 9.57. The van der Waals surface area contributed by atoms with E-state index in [0.717, 1.165) is 40.1 Å². The van der Waals surface area contributed by atoms with Gasteiger partial charge in [0, 0.05) is 18.0 Å². The lowest BCUT2D eigenvalue weighted by molar-refractivity contribution is 0.475. The minimum absolute atomic E-state index is 0. The van der Waals surface area contributed by atoms with Crippen LogP contribution in [0, 0.1) is 6.92 Å². The van der Waals surface area contributed by atoms with E-state index in [9.17, 15) is 5.11 Å². The number of thiazole rings is 1. The van der Waals surface area contributed by atoms with Gasteiger partial charge in [0.05, 0.1) is 15.9 Å². The quantitative estimate of drug-likeness (QED) is 0.544. The number of halogens is 2. The van der Waals surface area contributed by atoms with Crippen molar-refractivity contribution in [2.24, 2.45) is 0 Å². The second-order valence-corrected chi connectivity index (χ2v) is 6.67. The summed E-state index contributed by atoms with van der Waals surface area (Å²) in [6, 6.07) is 9.63. The van der Waals surface area contributed by atoms with Gasteiger partial charge in [0.2, 0.25) is 0 Å². The molecule has 8 heteroatoms. The van der Waals surface area contributed by atoms with E-state index in [0.29, 0.717) is 5.13 Å². The number of nitrogens with two attached hydrogens (primary N) is 1. The lowest BCUT2D eigenvalue weighted by Crippen LogP contribution is -1.94. The van der Waals surface area contributed by atoms with E-state index in [4.69, 9.17) is 5.73 Å². The molecule has 0 radical (unpaired) electrons. The van der Waals surface area contributed by atoms with Crippen molar-refractivity contribution in [2.45, 2.75) is 19.8 Å². The fourth-order valence-corrected chi connectivity index (χ4v) is 3.64. The first-order chi connectivity index (χ1) is 11.1. The van der Waals surface area contributed by atoms with Crippen molar-refractivity contribution in [1.29, 1.82) is 0 Å². The Hall–Kier alpha value is -2.02. The van der Waals surface area contributed by atoms with Crippen molar-refractivity contribution in [2.75, 3.05) is 5.73 Å². The van der Waals surface area contributed by atoms with Crippen LogP contribution in [-0.4, -0.2) is 19.5 Å². The highest BCUT2D eigenvalue weighted by molar-refractivity contribution is 7.22. The Morgan fingerprint density at radius 1 is 1.12 bits per heavy atom. The van der Waals surface area contributed by atoms with E-state index in [1.165, 1.54) is 16.9 Å². The van der Waals surface area contributed by atoms with Crippen LogP contribution in [0.5, 0.6) is 5.75 Å². The van der Waals surface area contributed by atoms with E-state index in [1.54, 1.807) is 12.1 Å². The highest BCUT2D eigenvalue weighted by Crippen LogP contribution is 2.25. The van der Waals surface area contributed by atoms with Crippen LogP contribution in [-0.2, 0) is 12.8 Å². The molecule has 0 saturated heterocycles. The first-order valence-electron chi connectivity index (χ1n) is 7.41. The number of aromatic nitrogens is 3. The molecule has 3 heterocycles. The van der Waals surface area contributed by atoms with E-state index in [1.807, 2.05) is 16.7 Å². The van der Waals surface area contributed by atoms with Crippen molar-refractivity contribution in [3.8, 4) is 5.75 Å². The Balaban J connectivity index is 0.00000113. The van der Waals surface area contributed by atoms with Gasteiger partial charge in [-0.15, -0.1) is 24.8 Å². The Morgan fingerprint density at radius 2 is 1.92 bits per heavy atom. The van der Waals surface area contributed by atoms with Crippen LogP contribution in [0.25, 0.3) is 15.9 Å². The number of nitrogen functional groups attached to an aromatic ring is 1. The van der Waals surface area contributed by atoms with Crippen LogP contribution >= 0.6 is 36.2 Å². The molecule has 0 fully saturated rings. The van der Waals surface area contributed by atoms with Gasteiger partial charge in [-0.25, -0.2) is 9.97 Å². The largest absolute Gasteiger partial charge is 0.508 e. The average molecular weight is 397 g/mol. The number of pyridine rings is 1. The number of aryl methyl sites for hydroxylation is 3. The van der Waals surface area contributed by atoms with Crippen molar-refractivity contribution >= 4 is 57.1 Å². The Kier molecular flexibility index (Phi) is 5.77. The molecule has 0 aliphatic rings. The molecule has 132 valence electrons. The average Bonchev–Trinajstić information content (AvgIpc) is 3.03. The van der Waals surface area contributed by atoms with Crippen LogP contribution in [0.15, 0.2) is 36.5 Å². The molecule has 3 aromatic heterocycles. The van der Waals surface area contributed by atoms with E-state index < -0.39 is 0 Å². The lowest BCUT2D eigenvalue weighted by atomic mass is 10.1. The lowest BCUT2D eigenvalue weighted by Gasteiger charge is -2.01. The number of rotatable bonds is 3. The zero-order valence-corrected chi connectivity index (χ0v) is 15.9. The zero-order chi connectivity index (χ0) is 16.0. The number of hydrogen-bond acceptors (Lipinski definition) is 5. The van der Waals surface area contributed by atoms with Gasteiger partial charge < -0.3 is 15.2 Å². The second-order valence-electron chi connectivity index (χ2n) is 5.61. The minimum atomic E-state index is 0. The van der Waals surface area contributed by atoms with Gasteiger partial charge in [-0.3, -0.25) is 0 Å². The summed E-state index contributed by atoms with van der Waals surface area (Å²) in [5.41, 5.74) is 10.9.